The highest BCUT2D eigenvalue weighted by Crippen LogP contribution is 2.28. The van der Waals surface area contributed by atoms with E-state index < -0.39 is 0 Å². The summed E-state index contributed by atoms with van der Waals surface area (Å²) in [5.74, 6) is 1.13. The Labute approximate surface area is 129 Å². The summed E-state index contributed by atoms with van der Waals surface area (Å²) in [5, 5.41) is 4.20. The lowest BCUT2D eigenvalue weighted by Gasteiger charge is -2.32. The van der Waals surface area contributed by atoms with Crippen LogP contribution in [0.4, 0.5) is 0 Å². The largest absolute Gasteiger partial charge is 0.330 e. The third kappa shape index (κ3) is 3.80. The van der Waals surface area contributed by atoms with E-state index in [-0.39, 0.29) is 11.2 Å². The molecule has 21 heavy (non-hydrogen) atoms. The van der Waals surface area contributed by atoms with Crippen LogP contribution in [0.15, 0.2) is 15.7 Å². The van der Waals surface area contributed by atoms with Crippen molar-refractivity contribution in [2.24, 2.45) is 14.1 Å². The number of thioether (sulfide) groups is 1. The minimum absolute atomic E-state index is 0.238. The number of rotatable bonds is 5. The first kappa shape index (κ1) is 16.4. The minimum Gasteiger partial charge on any atom is -0.307 e. The molecular formula is C15H25N3O2S. The normalized spacial score (nSPS) is 22.4. The highest BCUT2D eigenvalue weighted by atomic mass is 32.2. The molecule has 6 heteroatoms. The first-order valence-corrected chi connectivity index (χ1v) is 8.70. The molecular weight excluding hydrogens is 286 g/mol. The zero-order valence-electron chi connectivity index (χ0n) is 13.1. The number of aromatic nitrogens is 2. The monoisotopic (exact) mass is 311 g/mol. The predicted molar refractivity (Wildman–Crippen MR) is 87.9 cm³/mol. The second kappa shape index (κ2) is 7.31. The zero-order chi connectivity index (χ0) is 15.4. The summed E-state index contributed by atoms with van der Waals surface area (Å²) >= 11 is 2.01. The first-order valence-electron chi connectivity index (χ1n) is 7.65. The predicted octanol–water partition coefficient (Wildman–Crippen LogP) is 1.24. The second-order valence-corrected chi connectivity index (χ2v) is 7.16. The van der Waals surface area contributed by atoms with Crippen LogP contribution in [0.2, 0.25) is 0 Å². The smallest absolute Gasteiger partial charge is 0.307 e. The van der Waals surface area contributed by atoms with E-state index in [2.05, 4.69) is 12.2 Å². The summed E-state index contributed by atoms with van der Waals surface area (Å²) in [4.78, 5) is 23.7. The van der Waals surface area contributed by atoms with Crippen molar-refractivity contribution in [3.05, 3.63) is 32.6 Å². The van der Waals surface area contributed by atoms with Gasteiger partial charge in [-0.25, -0.2) is 4.79 Å². The van der Waals surface area contributed by atoms with E-state index in [1.54, 1.807) is 17.7 Å². The molecule has 0 aromatic carbocycles. The zero-order valence-corrected chi connectivity index (χ0v) is 13.9. The molecule has 1 aromatic heterocycles. The van der Waals surface area contributed by atoms with Crippen LogP contribution in [0.3, 0.4) is 0 Å². The summed E-state index contributed by atoms with van der Waals surface area (Å²) in [6.07, 6.45) is 5.00. The van der Waals surface area contributed by atoms with E-state index in [1.807, 2.05) is 11.8 Å². The molecule has 0 bridgehead atoms. The van der Waals surface area contributed by atoms with E-state index >= 15 is 0 Å². The van der Waals surface area contributed by atoms with E-state index in [1.165, 1.54) is 32.7 Å². The number of nitrogens with one attached hydrogen (secondary N) is 1. The lowest BCUT2D eigenvalue weighted by Crippen LogP contribution is -2.43. The molecule has 0 radical (unpaired) electrons. The van der Waals surface area contributed by atoms with Gasteiger partial charge in [0, 0.05) is 43.7 Å². The summed E-state index contributed by atoms with van der Waals surface area (Å²) in [7, 11) is 3.23. The molecule has 1 fully saturated rings. The molecule has 2 rings (SSSR count). The summed E-state index contributed by atoms with van der Waals surface area (Å²) < 4.78 is 2.69. The molecule has 0 amide bonds. The Kier molecular flexibility index (Phi) is 5.70. The topological polar surface area (TPSA) is 56.0 Å². The minimum atomic E-state index is -0.262. The van der Waals surface area contributed by atoms with E-state index in [0.717, 1.165) is 16.0 Å². The van der Waals surface area contributed by atoms with Crippen molar-refractivity contribution in [1.29, 1.82) is 0 Å². The van der Waals surface area contributed by atoms with Gasteiger partial charge in [0.25, 0.3) is 5.56 Å². The molecule has 1 saturated carbocycles. The van der Waals surface area contributed by atoms with Crippen molar-refractivity contribution in [2.75, 3.05) is 5.75 Å². The molecule has 0 unspecified atom stereocenters. The average molecular weight is 311 g/mol. The van der Waals surface area contributed by atoms with Crippen LogP contribution in [0.1, 0.15) is 38.3 Å². The van der Waals surface area contributed by atoms with Crippen molar-refractivity contribution < 1.29 is 0 Å². The fraction of sp³-hybridized carbons (Fsp3) is 0.733. The van der Waals surface area contributed by atoms with Gasteiger partial charge in [0.2, 0.25) is 0 Å². The molecule has 0 spiro atoms. The Balaban J connectivity index is 2.09. The maximum absolute atomic E-state index is 11.9. The molecule has 1 N–H and O–H groups in total. The van der Waals surface area contributed by atoms with Gasteiger partial charge in [0.1, 0.15) is 0 Å². The quantitative estimate of drug-likeness (QED) is 0.889. The van der Waals surface area contributed by atoms with Crippen molar-refractivity contribution in [3.8, 4) is 0 Å². The van der Waals surface area contributed by atoms with Crippen LogP contribution in [0.5, 0.6) is 0 Å². The number of nitrogens with zero attached hydrogens (tertiary/aromatic N) is 2. The lowest BCUT2D eigenvalue weighted by atomic mass is 9.95. The van der Waals surface area contributed by atoms with Crippen molar-refractivity contribution in [1.82, 2.24) is 14.5 Å². The standard InChI is InChI=1S/C15H25N3O2S/c1-4-21-13-8-6-5-7-12(13)16-10-11-9-14(19)18(3)15(20)17(11)2/h9,12-13,16H,4-8,10H2,1-3H3/t12-,13-/m1/s1. The highest BCUT2D eigenvalue weighted by molar-refractivity contribution is 7.99. The summed E-state index contributed by atoms with van der Waals surface area (Å²) in [6.45, 7) is 2.77. The Morgan fingerprint density at radius 1 is 1.24 bits per heavy atom. The van der Waals surface area contributed by atoms with E-state index in [0.29, 0.717) is 17.8 Å². The van der Waals surface area contributed by atoms with Gasteiger partial charge in [-0.2, -0.15) is 11.8 Å². The Hall–Kier alpha value is -1.01. The van der Waals surface area contributed by atoms with Gasteiger partial charge in [-0.3, -0.25) is 13.9 Å². The second-order valence-electron chi connectivity index (χ2n) is 5.64. The number of hydrogen-bond donors (Lipinski definition) is 1. The molecule has 1 heterocycles. The number of hydrogen-bond acceptors (Lipinski definition) is 4. The third-order valence-electron chi connectivity index (χ3n) is 4.25. The van der Waals surface area contributed by atoms with Crippen LogP contribution in [-0.4, -0.2) is 26.2 Å². The maximum Gasteiger partial charge on any atom is 0.330 e. The van der Waals surface area contributed by atoms with Gasteiger partial charge < -0.3 is 5.32 Å². The van der Waals surface area contributed by atoms with Crippen molar-refractivity contribution >= 4 is 11.8 Å². The maximum atomic E-state index is 11.9. The van der Waals surface area contributed by atoms with Gasteiger partial charge in [0.15, 0.2) is 0 Å². The van der Waals surface area contributed by atoms with Crippen molar-refractivity contribution in [2.45, 2.75) is 50.4 Å². The van der Waals surface area contributed by atoms with Crippen LogP contribution >= 0.6 is 11.8 Å². The Morgan fingerprint density at radius 2 is 1.95 bits per heavy atom. The summed E-state index contributed by atoms with van der Waals surface area (Å²) in [5.41, 5.74) is 0.259. The average Bonchev–Trinajstić information content (AvgIpc) is 2.49. The SMILES string of the molecule is CCS[C@@H]1CCCC[C@H]1NCc1cc(=O)n(C)c(=O)n1C. The van der Waals surface area contributed by atoms with Crippen molar-refractivity contribution in [3.63, 3.8) is 0 Å². The van der Waals surface area contributed by atoms with Crippen LogP contribution in [-0.2, 0) is 20.6 Å². The summed E-state index contributed by atoms with van der Waals surface area (Å²) in [6, 6.07) is 2.03. The molecule has 1 aromatic rings. The third-order valence-corrected chi connectivity index (χ3v) is 5.58. The fourth-order valence-corrected chi connectivity index (χ4v) is 4.15. The lowest BCUT2D eigenvalue weighted by molar-refractivity contribution is 0.378. The van der Waals surface area contributed by atoms with Crippen LogP contribution < -0.4 is 16.6 Å². The van der Waals surface area contributed by atoms with Gasteiger partial charge in [-0.1, -0.05) is 19.8 Å². The van der Waals surface area contributed by atoms with Crippen LogP contribution in [0, 0.1) is 0 Å². The molecule has 0 aliphatic heterocycles. The van der Waals surface area contributed by atoms with E-state index in [4.69, 9.17) is 0 Å². The Morgan fingerprint density at radius 3 is 2.67 bits per heavy atom. The van der Waals surface area contributed by atoms with E-state index in [9.17, 15) is 9.59 Å². The molecule has 1 aliphatic rings. The molecule has 118 valence electrons. The fourth-order valence-electron chi connectivity index (χ4n) is 2.93. The molecule has 1 aliphatic carbocycles. The highest BCUT2D eigenvalue weighted by Gasteiger charge is 2.24. The van der Waals surface area contributed by atoms with Gasteiger partial charge in [-0.05, 0) is 18.6 Å². The molecule has 2 atom stereocenters. The van der Waals surface area contributed by atoms with Gasteiger partial charge >= 0.3 is 5.69 Å². The Bertz CT molecular complexity index is 592. The van der Waals surface area contributed by atoms with Gasteiger partial charge in [0.05, 0.1) is 0 Å². The molecule has 5 nitrogen and oxygen atoms in total. The van der Waals surface area contributed by atoms with Gasteiger partial charge in [-0.15, -0.1) is 0 Å². The first-order chi connectivity index (χ1) is 10.0. The van der Waals surface area contributed by atoms with Crippen LogP contribution in [0.25, 0.3) is 0 Å². The molecule has 0 saturated heterocycles.